The van der Waals surface area contributed by atoms with E-state index >= 15 is 0 Å². The predicted molar refractivity (Wildman–Crippen MR) is 67.3 cm³/mol. The standard InChI is InChI=1S/C14H15F3N2O/c1-19-8-4-7-13(10-19,14(15,16)17)20-12-6-3-2-5-11(12)9-18/h2-3,5-6H,4,7-8,10H2,1H3. The lowest BCUT2D eigenvalue weighted by Gasteiger charge is -2.42. The van der Waals surface area contributed by atoms with Crippen LogP contribution in [0.15, 0.2) is 24.3 Å². The van der Waals surface area contributed by atoms with Crippen LogP contribution in [0.5, 0.6) is 5.75 Å². The molecule has 1 saturated heterocycles. The summed E-state index contributed by atoms with van der Waals surface area (Å²) in [7, 11) is 1.64. The summed E-state index contributed by atoms with van der Waals surface area (Å²) >= 11 is 0. The fourth-order valence-corrected chi connectivity index (χ4v) is 2.46. The highest BCUT2D eigenvalue weighted by molar-refractivity contribution is 5.43. The van der Waals surface area contributed by atoms with Crippen LogP contribution in [0, 0.1) is 11.3 Å². The lowest BCUT2D eigenvalue weighted by molar-refractivity contribution is -0.261. The highest BCUT2D eigenvalue weighted by atomic mass is 19.4. The molecule has 0 radical (unpaired) electrons. The highest BCUT2D eigenvalue weighted by Crippen LogP contribution is 2.41. The summed E-state index contributed by atoms with van der Waals surface area (Å²) in [6, 6.07) is 7.87. The second kappa shape index (κ2) is 5.33. The van der Waals surface area contributed by atoms with E-state index in [2.05, 4.69) is 0 Å². The van der Waals surface area contributed by atoms with Crippen molar-refractivity contribution in [2.24, 2.45) is 0 Å². The average molecular weight is 284 g/mol. The zero-order valence-electron chi connectivity index (χ0n) is 11.1. The minimum Gasteiger partial charge on any atom is -0.475 e. The zero-order valence-corrected chi connectivity index (χ0v) is 11.1. The monoisotopic (exact) mass is 284 g/mol. The third-order valence-corrected chi connectivity index (χ3v) is 3.48. The first-order chi connectivity index (χ1) is 9.38. The van der Waals surface area contributed by atoms with Crippen LogP contribution in [-0.4, -0.2) is 36.8 Å². The van der Waals surface area contributed by atoms with E-state index in [-0.39, 0.29) is 24.3 Å². The molecule has 1 aliphatic heterocycles. The maximum atomic E-state index is 13.5. The van der Waals surface area contributed by atoms with Crippen LogP contribution in [0.25, 0.3) is 0 Å². The van der Waals surface area contributed by atoms with Crippen molar-refractivity contribution in [2.45, 2.75) is 24.6 Å². The van der Waals surface area contributed by atoms with Crippen molar-refractivity contribution >= 4 is 0 Å². The maximum Gasteiger partial charge on any atom is 0.429 e. The molecule has 1 fully saturated rings. The van der Waals surface area contributed by atoms with Crippen LogP contribution in [0.2, 0.25) is 0 Å². The molecule has 0 aliphatic carbocycles. The number of likely N-dealkylation sites (tertiary alicyclic amines) is 1. The van der Waals surface area contributed by atoms with E-state index in [1.54, 1.807) is 24.1 Å². The molecule has 0 aromatic heterocycles. The summed E-state index contributed by atoms with van der Waals surface area (Å²) in [5.41, 5.74) is -2.13. The molecule has 2 rings (SSSR count). The molecule has 0 saturated carbocycles. The van der Waals surface area contributed by atoms with Crippen LogP contribution < -0.4 is 4.74 Å². The topological polar surface area (TPSA) is 36.3 Å². The van der Waals surface area contributed by atoms with Crippen LogP contribution in [0.1, 0.15) is 18.4 Å². The van der Waals surface area contributed by atoms with Gasteiger partial charge in [-0.3, -0.25) is 0 Å². The molecule has 1 aromatic carbocycles. The maximum absolute atomic E-state index is 13.5. The Hall–Kier alpha value is -1.74. The van der Waals surface area contributed by atoms with Gasteiger partial charge in [-0.2, -0.15) is 18.4 Å². The minimum atomic E-state index is -4.48. The Morgan fingerprint density at radius 2 is 2.05 bits per heavy atom. The van der Waals surface area contributed by atoms with Crippen molar-refractivity contribution in [1.29, 1.82) is 5.26 Å². The van der Waals surface area contributed by atoms with Crippen LogP contribution in [0.4, 0.5) is 13.2 Å². The number of rotatable bonds is 2. The third-order valence-electron chi connectivity index (χ3n) is 3.48. The summed E-state index contributed by atoms with van der Waals surface area (Å²) in [6.45, 7) is 0.386. The van der Waals surface area contributed by atoms with Crippen molar-refractivity contribution in [3.63, 3.8) is 0 Å². The smallest absolute Gasteiger partial charge is 0.429 e. The fraction of sp³-hybridized carbons (Fsp3) is 0.500. The number of benzene rings is 1. The second-order valence-corrected chi connectivity index (χ2v) is 5.04. The Morgan fingerprint density at radius 1 is 1.35 bits per heavy atom. The van der Waals surface area contributed by atoms with Crippen molar-refractivity contribution in [3.8, 4) is 11.8 Å². The first kappa shape index (κ1) is 14.7. The molecule has 20 heavy (non-hydrogen) atoms. The van der Waals surface area contributed by atoms with E-state index < -0.39 is 11.8 Å². The Kier molecular flexibility index (Phi) is 3.91. The van der Waals surface area contributed by atoms with Crippen molar-refractivity contribution in [2.75, 3.05) is 20.1 Å². The molecule has 1 aliphatic rings. The normalized spacial score (nSPS) is 24.1. The van der Waals surface area contributed by atoms with Gasteiger partial charge in [0.2, 0.25) is 5.60 Å². The second-order valence-electron chi connectivity index (χ2n) is 5.04. The Labute approximate surface area is 115 Å². The van der Waals surface area contributed by atoms with E-state index in [0.717, 1.165) is 0 Å². The van der Waals surface area contributed by atoms with Gasteiger partial charge in [0, 0.05) is 6.54 Å². The fourth-order valence-electron chi connectivity index (χ4n) is 2.46. The summed E-state index contributed by atoms with van der Waals surface area (Å²) in [6.07, 6.45) is -4.17. The van der Waals surface area contributed by atoms with E-state index in [1.807, 2.05) is 6.07 Å². The summed E-state index contributed by atoms with van der Waals surface area (Å²) < 4.78 is 45.7. The molecule has 108 valence electrons. The lowest BCUT2D eigenvalue weighted by Crippen LogP contribution is -2.59. The number of nitriles is 1. The van der Waals surface area contributed by atoms with Gasteiger partial charge in [0.25, 0.3) is 0 Å². The lowest BCUT2D eigenvalue weighted by atomic mass is 9.92. The predicted octanol–water partition coefficient (Wildman–Crippen LogP) is 2.96. The van der Waals surface area contributed by atoms with Crippen molar-refractivity contribution in [1.82, 2.24) is 4.90 Å². The van der Waals surface area contributed by atoms with Gasteiger partial charge < -0.3 is 9.64 Å². The zero-order chi connectivity index (χ0) is 14.8. The molecule has 1 atom stereocenters. The van der Waals surface area contributed by atoms with Gasteiger partial charge in [-0.1, -0.05) is 12.1 Å². The van der Waals surface area contributed by atoms with Crippen LogP contribution in [-0.2, 0) is 0 Å². The highest BCUT2D eigenvalue weighted by Gasteiger charge is 2.58. The van der Waals surface area contributed by atoms with Gasteiger partial charge in [-0.05, 0) is 38.6 Å². The minimum absolute atomic E-state index is 0.0115. The third kappa shape index (κ3) is 2.73. The van der Waals surface area contributed by atoms with Crippen molar-refractivity contribution in [3.05, 3.63) is 29.8 Å². The molecule has 0 spiro atoms. The molecule has 0 N–H and O–H groups in total. The Balaban J connectivity index is 2.36. The number of piperidine rings is 1. The molecular formula is C14H15F3N2O. The summed E-state index contributed by atoms with van der Waals surface area (Å²) in [5, 5.41) is 8.96. The molecule has 1 aromatic rings. The average Bonchev–Trinajstić information content (AvgIpc) is 2.38. The van der Waals surface area contributed by atoms with Gasteiger partial charge in [-0.25, -0.2) is 0 Å². The Morgan fingerprint density at radius 3 is 2.65 bits per heavy atom. The first-order valence-electron chi connectivity index (χ1n) is 6.31. The molecule has 0 amide bonds. The number of halogens is 3. The van der Waals surface area contributed by atoms with Crippen molar-refractivity contribution < 1.29 is 17.9 Å². The molecular weight excluding hydrogens is 269 g/mol. The first-order valence-corrected chi connectivity index (χ1v) is 6.31. The number of hydrogen-bond donors (Lipinski definition) is 0. The molecule has 1 unspecified atom stereocenters. The number of hydrogen-bond acceptors (Lipinski definition) is 3. The number of alkyl halides is 3. The largest absolute Gasteiger partial charge is 0.475 e. The van der Waals surface area contributed by atoms with Gasteiger partial charge in [0.1, 0.15) is 11.8 Å². The van der Waals surface area contributed by atoms with Crippen LogP contribution in [0.3, 0.4) is 0 Å². The van der Waals surface area contributed by atoms with Gasteiger partial charge in [0.05, 0.1) is 5.56 Å². The molecule has 0 bridgehead atoms. The Bertz CT molecular complexity index is 524. The van der Waals surface area contributed by atoms with Gasteiger partial charge in [0.15, 0.2) is 0 Å². The molecule has 6 heteroatoms. The van der Waals surface area contributed by atoms with E-state index in [4.69, 9.17) is 10.00 Å². The van der Waals surface area contributed by atoms with Crippen LogP contribution >= 0.6 is 0 Å². The quantitative estimate of drug-likeness (QED) is 0.837. The number of ether oxygens (including phenoxy) is 1. The number of para-hydroxylation sites is 1. The van der Waals surface area contributed by atoms with E-state index in [1.165, 1.54) is 12.1 Å². The molecule has 1 heterocycles. The SMILES string of the molecule is CN1CCCC(Oc2ccccc2C#N)(C(F)(F)F)C1. The molecule has 3 nitrogen and oxygen atoms in total. The van der Waals surface area contributed by atoms with E-state index in [0.29, 0.717) is 13.0 Å². The van der Waals surface area contributed by atoms with Gasteiger partial charge >= 0.3 is 6.18 Å². The number of likely N-dealkylation sites (N-methyl/N-ethyl adjacent to an activating group) is 1. The summed E-state index contributed by atoms with van der Waals surface area (Å²) in [4.78, 5) is 1.60. The number of nitrogens with zero attached hydrogens (tertiary/aromatic N) is 2. The summed E-state index contributed by atoms with van der Waals surface area (Å²) in [5.74, 6) is -0.0115. The van der Waals surface area contributed by atoms with E-state index in [9.17, 15) is 13.2 Å². The van der Waals surface area contributed by atoms with Gasteiger partial charge in [-0.15, -0.1) is 0 Å².